The van der Waals surface area contributed by atoms with E-state index in [1.165, 1.54) is 0 Å². The van der Waals surface area contributed by atoms with E-state index in [2.05, 4.69) is 10.1 Å². The molecule has 0 aliphatic carbocycles. The Morgan fingerprint density at radius 1 is 1.73 bits per heavy atom. The van der Waals surface area contributed by atoms with Crippen LogP contribution in [0, 0.1) is 0 Å². The van der Waals surface area contributed by atoms with Crippen LogP contribution < -0.4 is 5.73 Å². The third-order valence-electron chi connectivity index (χ3n) is 1.60. The lowest BCUT2D eigenvalue weighted by molar-refractivity contribution is 0.611. The summed E-state index contributed by atoms with van der Waals surface area (Å²) < 4.78 is 1.92. The summed E-state index contributed by atoms with van der Waals surface area (Å²) in [7, 11) is 0. The fourth-order valence-corrected chi connectivity index (χ4v) is 1.90. The molecule has 1 atom stereocenters. The van der Waals surface area contributed by atoms with Crippen LogP contribution in [0.1, 0.15) is 18.8 Å². The second-order valence-electron chi connectivity index (χ2n) is 2.61. The lowest BCUT2D eigenvalue weighted by Crippen LogP contribution is -2.08. The van der Waals surface area contributed by atoms with Crippen molar-refractivity contribution in [2.45, 2.75) is 24.7 Å². The standard InChI is InChI=1S/C6H10N4S/c1-4(7)5-8-6-10(9-5)2-3-11-6/h4H,2-3,7H2,1H3. The molecule has 0 amide bonds. The fraction of sp³-hybridized carbons (Fsp3) is 0.667. The van der Waals surface area contributed by atoms with Gasteiger partial charge in [0.1, 0.15) is 0 Å². The summed E-state index contributed by atoms with van der Waals surface area (Å²) in [6.07, 6.45) is 0. The van der Waals surface area contributed by atoms with Crippen LogP contribution in [0.25, 0.3) is 0 Å². The topological polar surface area (TPSA) is 56.7 Å². The number of hydrogen-bond acceptors (Lipinski definition) is 4. The Hall–Kier alpha value is -0.550. The van der Waals surface area contributed by atoms with Gasteiger partial charge in [-0.2, -0.15) is 5.10 Å². The maximum Gasteiger partial charge on any atom is 0.186 e. The van der Waals surface area contributed by atoms with Crippen LogP contribution in [-0.4, -0.2) is 20.5 Å². The van der Waals surface area contributed by atoms with Crippen molar-refractivity contribution in [1.29, 1.82) is 0 Å². The summed E-state index contributed by atoms with van der Waals surface area (Å²) in [4.78, 5) is 4.28. The third-order valence-corrected chi connectivity index (χ3v) is 2.54. The van der Waals surface area contributed by atoms with E-state index in [1.807, 2.05) is 11.6 Å². The fourth-order valence-electron chi connectivity index (χ4n) is 1.01. The van der Waals surface area contributed by atoms with E-state index in [0.29, 0.717) is 0 Å². The largest absolute Gasteiger partial charge is 0.321 e. The second-order valence-corrected chi connectivity index (χ2v) is 3.67. The molecule has 4 nitrogen and oxygen atoms in total. The number of nitrogens with zero attached hydrogens (tertiary/aromatic N) is 3. The van der Waals surface area contributed by atoms with E-state index in [4.69, 9.17) is 5.73 Å². The quantitative estimate of drug-likeness (QED) is 0.663. The van der Waals surface area contributed by atoms with Crippen LogP contribution in [0.5, 0.6) is 0 Å². The van der Waals surface area contributed by atoms with Crippen molar-refractivity contribution in [3.05, 3.63) is 5.82 Å². The summed E-state index contributed by atoms with van der Waals surface area (Å²) in [5.41, 5.74) is 5.63. The highest BCUT2D eigenvalue weighted by molar-refractivity contribution is 7.99. The van der Waals surface area contributed by atoms with Gasteiger partial charge in [-0.25, -0.2) is 9.67 Å². The molecule has 2 heterocycles. The molecular formula is C6H10N4S. The van der Waals surface area contributed by atoms with Crippen LogP contribution >= 0.6 is 11.8 Å². The predicted molar refractivity (Wildman–Crippen MR) is 43.3 cm³/mol. The summed E-state index contributed by atoms with van der Waals surface area (Å²) in [5, 5.41) is 5.26. The maximum absolute atomic E-state index is 5.63. The summed E-state index contributed by atoms with van der Waals surface area (Å²) in [6.45, 7) is 2.87. The van der Waals surface area contributed by atoms with Crippen LogP contribution in [-0.2, 0) is 6.54 Å². The van der Waals surface area contributed by atoms with Gasteiger partial charge in [0.2, 0.25) is 0 Å². The van der Waals surface area contributed by atoms with Crippen molar-refractivity contribution in [3.63, 3.8) is 0 Å². The van der Waals surface area contributed by atoms with E-state index in [-0.39, 0.29) is 6.04 Å². The molecule has 5 heteroatoms. The number of rotatable bonds is 1. The molecule has 0 spiro atoms. The summed E-state index contributed by atoms with van der Waals surface area (Å²) in [5.74, 6) is 1.85. The van der Waals surface area contributed by atoms with E-state index in [9.17, 15) is 0 Å². The van der Waals surface area contributed by atoms with Crippen molar-refractivity contribution in [1.82, 2.24) is 14.8 Å². The highest BCUT2D eigenvalue weighted by Gasteiger charge is 2.17. The molecule has 1 aromatic heterocycles. The van der Waals surface area contributed by atoms with Crippen LogP contribution in [0.2, 0.25) is 0 Å². The molecule has 11 heavy (non-hydrogen) atoms. The van der Waals surface area contributed by atoms with E-state index in [0.717, 1.165) is 23.3 Å². The zero-order valence-electron chi connectivity index (χ0n) is 6.32. The minimum atomic E-state index is -0.0475. The first-order valence-corrected chi connectivity index (χ1v) is 4.59. The number of thioether (sulfide) groups is 1. The molecule has 60 valence electrons. The molecule has 1 unspecified atom stereocenters. The number of aromatic nitrogens is 3. The van der Waals surface area contributed by atoms with Gasteiger partial charge in [0, 0.05) is 5.75 Å². The SMILES string of the molecule is CC(N)c1nc2n(n1)CCS2. The van der Waals surface area contributed by atoms with Gasteiger partial charge in [0.05, 0.1) is 12.6 Å². The molecule has 0 saturated heterocycles. The Kier molecular flexibility index (Phi) is 1.61. The normalized spacial score (nSPS) is 18.4. The van der Waals surface area contributed by atoms with Crippen molar-refractivity contribution in [3.8, 4) is 0 Å². The Morgan fingerprint density at radius 3 is 3.18 bits per heavy atom. The minimum Gasteiger partial charge on any atom is -0.321 e. The number of nitrogens with two attached hydrogens (primary N) is 1. The molecule has 0 saturated carbocycles. The van der Waals surface area contributed by atoms with Gasteiger partial charge >= 0.3 is 0 Å². The first-order chi connectivity index (χ1) is 5.27. The molecule has 1 aliphatic heterocycles. The van der Waals surface area contributed by atoms with Crippen LogP contribution in [0.4, 0.5) is 0 Å². The van der Waals surface area contributed by atoms with Gasteiger partial charge in [-0.15, -0.1) is 0 Å². The average Bonchev–Trinajstić information content (AvgIpc) is 2.40. The zero-order chi connectivity index (χ0) is 7.84. The predicted octanol–water partition coefficient (Wildman–Crippen LogP) is 0.403. The number of fused-ring (bicyclic) bond motifs is 1. The Bertz CT molecular complexity index is 246. The molecule has 0 radical (unpaired) electrons. The smallest absolute Gasteiger partial charge is 0.186 e. The number of hydrogen-bond donors (Lipinski definition) is 1. The van der Waals surface area contributed by atoms with Gasteiger partial charge in [-0.1, -0.05) is 11.8 Å². The van der Waals surface area contributed by atoms with Crippen LogP contribution in [0.3, 0.4) is 0 Å². The van der Waals surface area contributed by atoms with E-state index >= 15 is 0 Å². The van der Waals surface area contributed by atoms with E-state index in [1.54, 1.807) is 11.8 Å². The number of aryl methyl sites for hydroxylation is 1. The molecule has 0 aromatic carbocycles. The molecule has 2 rings (SSSR count). The van der Waals surface area contributed by atoms with Crippen molar-refractivity contribution >= 4 is 11.8 Å². The van der Waals surface area contributed by atoms with Gasteiger partial charge in [-0.05, 0) is 6.92 Å². The van der Waals surface area contributed by atoms with Gasteiger partial charge in [0.25, 0.3) is 0 Å². The molecule has 1 aromatic rings. The second kappa shape index (κ2) is 2.49. The van der Waals surface area contributed by atoms with E-state index < -0.39 is 0 Å². The first kappa shape index (κ1) is 7.12. The highest BCUT2D eigenvalue weighted by Crippen LogP contribution is 2.23. The van der Waals surface area contributed by atoms with Gasteiger partial charge in [0.15, 0.2) is 11.0 Å². The molecule has 2 N–H and O–H groups in total. The molecule has 0 bridgehead atoms. The average molecular weight is 170 g/mol. The summed E-state index contributed by atoms with van der Waals surface area (Å²) in [6, 6.07) is -0.0475. The molecular weight excluding hydrogens is 160 g/mol. The van der Waals surface area contributed by atoms with Crippen LogP contribution in [0.15, 0.2) is 5.16 Å². The van der Waals surface area contributed by atoms with Crippen molar-refractivity contribution < 1.29 is 0 Å². The lowest BCUT2D eigenvalue weighted by Gasteiger charge is -1.95. The lowest BCUT2D eigenvalue weighted by atomic mass is 10.4. The zero-order valence-corrected chi connectivity index (χ0v) is 7.14. The minimum absolute atomic E-state index is 0.0475. The molecule has 1 aliphatic rings. The Balaban J connectivity index is 2.34. The molecule has 0 fully saturated rings. The Morgan fingerprint density at radius 2 is 2.55 bits per heavy atom. The third kappa shape index (κ3) is 1.14. The van der Waals surface area contributed by atoms with Gasteiger partial charge in [-0.3, -0.25) is 0 Å². The first-order valence-electron chi connectivity index (χ1n) is 3.60. The summed E-state index contributed by atoms with van der Waals surface area (Å²) >= 11 is 1.74. The highest BCUT2D eigenvalue weighted by atomic mass is 32.2. The monoisotopic (exact) mass is 170 g/mol. The maximum atomic E-state index is 5.63. The van der Waals surface area contributed by atoms with Crippen molar-refractivity contribution in [2.75, 3.05) is 5.75 Å². The van der Waals surface area contributed by atoms with Crippen molar-refractivity contribution in [2.24, 2.45) is 5.73 Å². The Labute approximate surface area is 69.2 Å². The van der Waals surface area contributed by atoms with Gasteiger partial charge < -0.3 is 5.73 Å².